The Hall–Kier alpha value is -1.84. The zero-order valence-corrected chi connectivity index (χ0v) is 13.1. The second-order valence-corrected chi connectivity index (χ2v) is 5.81. The van der Waals surface area contributed by atoms with Crippen molar-refractivity contribution in [1.29, 1.82) is 0 Å². The predicted molar refractivity (Wildman–Crippen MR) is 82.6 cm³/mol. The first-order valence-electron chi connectivity index (χ1n) is 7.68. The third-order valence-corrected chi connectivity index (χ3v) is 4.61. The van der Waals surface area contributed by atoms with Gasteiger partial charge in [0.2, 0.25) is 5.91 Å². The van der Waals surface area contributed by atoms with Crippen molar-refractivity contribution < 1.29 is 9.59 Å². The Morgan fingerprint density at radius 3 is 2.38 bits per heavy atom. The molecule has 1 heterocycles. The Balaban J connectivity index is 2.41. The fourth-order valence-corrected chi connectivity index (χ4v) is 2.93. The van der Waals surface area contributed by atoms with Crippen molar-refractivity contribution in [3.63, 3.8) is 0 Å². The number of rotatable bonds is 5. The van der Waals surface area contributed by atoms with E-state index in [4.69, 9.17) is 0 Å². The molecular weight excluding hydrogens is 264 g/mol. The van der Waals surface area contributed by atoms with E-state index in [1.165, 1.54) is 0 Å². The van der Waals surface area contributed by atoms with Crippen LogP contribution in [0, 0.1) is 5.92 Å². The van der Waals surface area contributed by atoms with Crippen molar-refractivity contribution in [3.8, 4) is 0 Å². The van der Waals surface area contributed by atoms with E-state index in [1.54, 1.807) is 4.90 Å². The van der Waals surface area contributed by atoms with Gasteiger partial charge in [-0.05, 0) is 18.4 Å². The Morgan fingerprint density at radius 1 is 1.19 bits per heavy atom. The number of amides is 2. The summed E-state index contributed by atoms with van der Waals surface area (Å²) in [5.41, 5.74) is -0.0550. The summed E-state index contributed by atoms with van der Waals surface area (Å²) in [7, 11) is 0. The van der Waals surface area contributed by atoms with E-state index in [1.807, 2.05) is 37.3 Å². The van der Waals surface area contributed by atoms with Crippen LogP contribution >= 0.6 is 0 Å². The highest BCUT2D eigenvalue weighted by molar-refractivity contribution is 5.98. The molecule has 4 nitrogen and oxygen atoms in total. The normalized spacial score (nSPS) is 22.6. The molecule has 1 saturated heterocycles. The van der Waals surface area contributed by atoms with Crippen molar-refractivity contribution in [2.75, 3.05) is 13.1 Å². The summed E-state index contributed by atoms with van der Waals surface area (Å²) in [6.07, 6.45) is 2.01. The monoisotopic (exact) mass is 288 g/mol. The van der Waals surface area contributed by atoms with Gasteiger partial charge in [0.1, 0.15) is 5.54 Å². The second kappa shape index (κ2) is 6.29. The number of hydrogen-bond acceptors (Lipinski definition) is 2. The molecule has 114 valence electrons. The summed E-state index contributed by atoms with van der Waals surface area (Å²) >= 11 is 0. The lowest BCUT2D eigenvalue weighted by Crippen LogP contribution is -2.64. The molecule has 1 aliphatic rings. The van der Waals surface area contributed by atoms with Gasteiger partial charge >= 0.3 is 0 Å². The van der Waals surface area contributed by atoms with Gasteiger partial charge in [-0.25, -0.2) is 0 Å². The number of piperazine rings is 1. The molecule has 21 heavy (non-hydrogen) atoms. The molecule has 1 aromatic carbocycles. The Labute approximate surface area is 126 Å². The molecule has 0 radical (unpaired) electrons. The molecule has 1 aliphatic heterocycles. The third kappa shape index (κ3) is 2.80. The topological polar surface area (TPSA) is 49.4 Å². The molecule has 0 saturated carbocycles. The van der Waals surface area contributed by atoms with Crippen LogP contribution in [0.1, 0.15) is 39.2 Å². The van der Waals surface area contributed by atoms with E-state index in [0.29, 0.717) is 12.5 Å². The summed E-state index contributed by atoms with van der Waals surface area (Å²) in [5.74, 6) is 0.315. The van der Waals surface area contributed by atoms with Gasteiger partial charge in [-0.3, -0.25) is 9.59 Å². The fourth-order valence-electron chi connectivity index (χ4n) is 2.93. The minimum Gasteiger partial charge on any atom is -0.345 e. The van der Waals surface area contributed by atoms with Gasteiger partial charge < -0.3 is 10.2 Å². The average molecular weight is 288 g/mol. The summed E-state index contributed by atoms with van der Waals surface area (Å²) < 4.78 is 0. The minimum absolute atomic E-state index is 0.00662. The van der Waals surface area contributed by atoms with Crippen molar-refractivity contribution in [2.24, 2.45) is 5.92 Å². The molecular formula is C17H24N2O2. The zero-order chi connectivity index (χ0) is 15.5. The van der Waals surface area contributed by atoms with E-state index in [-0.39, 0.29) is 18.4 Å². The van der Waals surface area contributed by atoms with Crippen LogP contribution in [0.4, 0.5) is 0 Å². The number of carbonyl (C=O) groups excluding carboxylic acids is 2. The van der Waals surface area contributed by atoms with Gasteiger partial charge in [0.25, 0.3) is 5.91 Å². The number of carbonyl (C=O) groups is 2. The van der Waals surface area contributed by atoms with Crippen LogP contribution < -0.4 is 5.32 Å². The van der Waals surface area contributed by atoms with Crippen molar-refractivity contribution in [1.82, 2.24) is 10.2 Å². The van der Waals surface area contributed by atoms with Crippen LogP contribution in [0.2, 0.25) is 0 Å². The molecule has 0 bridgehead atoms. The molecule has 1 unspecified atom stereocenters. The van der Waals surface area contributed by atoms with E-state index in [9.17, 15) is 9.59 Å². The minimum atomic E-state index is -0.917. The van der Waals surface area contributed by atoms with Crippen LogP contribution in [-0.4, -0.2) is 29.8 Å². The van der Waals surface area contributed by atoms with Gasteiger partial charge in [0, 0.05) is 6.54 Å². The lowest BCUT2D eigenvalue weighted by atomic mass is 9.85. The van der Waals surface area contributed by atoms with E-state index in [0.717, 1.165) is 18.4 Å². The molecule has 2 rings (SSSR count). The number of nitrogens with zero attached hydrogens (tertiary/aromatic N) is 1. The van der Waals surface area contributed by atoms with E-state index >= 15 is 0 Å². The first kappa shape index (κ1) is 15.5. The van der Waals surface area contributed by atoms with Crippen LogP contribution in [0.15, 0.2) is 30.3 Å². The maximum Gasteiger partial charge on any atom is 0.250 e. The number of benzene rings is 1. The number of nitrogens with one attached hydrogen (secondary N) is 1. The molecule has 2 amide bonds. The summed E-state index contributed by atoms with van der Waals surface area (Å²) in [6, 6.07) is 9.56. The largest absolute Gasteiger partial charge is 0.345 e. The Bertz CT molecular complexity index is 511. The molecule has 1 N–H and O–H groups in total. The third-order valence-electron chi connectivity index (χ3n) is 4.61. The Morgan fingerprint density at radius 2 is 1.81 bits per heavy atom. The van der Waals surface area contributed by atoms with Crippen molar-refractivity contribution in [3.05, 3.63) is 35.9 Å². The lowest BCUT2D eigenvalue weighted by Gasteiger charge is -2.45. The molecule has 1 aromatic rings. The lowest BCUT2D eigenvalue weighted by molar-refractivity contribution is -0.154. The first-order valence-corrected chi connectivity index (χ1v) is 7.68. The second-order valence-electron chi connectivity index (χ2n) is 5.81. The van der Waals surface area contributed by atoms with Gasteiger partial charge in [-0.15, -0.1) is 0 Å². The molecule has 4 heteroatoms. The highest BCUT2D eigenvalue weighted by Crippen LogP contribution is 2.32. The predicted octanol–water partition coefficient (Wildman–Crippen LogP) is 2.30. The molecule has 1 fully saturated rings. The van der Waals surface area contributed by atoms with Crippen molar-refractivity contribution >= 4 is 11.8 Å². The van der Waals surface area contributed by atoms with Crippen LogP contribution in [0.25, 0.3) is 0 Å². The highest BCUT2D eigenvalue weighted by Gasteiger charge is 2.47. The van der Waals surface area contributed by atoms with Crippen LogP contribution in [-0.2, 0) is 15.1 Å². The standard InChI is InChI=1S/C17H24N2O2/c1-4-13(5-2)12-19-15(20)11-18-16(21)17(19,3)14-9-7-6-8-10-14/h6-10,13H,4-5,11-12H2,1-3H3,(H,18,21). The van der Waals surface area contributed by atoms with Crippen LogP contribution in [0.3, 0.4) is 0 Å². The number of hydrogen-bond donors (Lipinski definition) is 1. The van der Waals surface area contributed by atoms with E-state index < -0.39 is 5.54 Å². The van der Waals surface area contributed by atoms with Gasteiger partial charge in [-0.2, -0.15) is 0 Å². The maximum atomic E-state index is 12.5. The zero-order valence-electron chi connectivity index (χ0n) is 13.1. The Kier molecular flexibility index (Phi) is 4.66. The highest BCUT2D eigenvalue weighted by atomic mass is 16.2. The smallest absolute Gasteiger partial charge is 0.250 e. The quantitative estimate of drug-likeness (QED) is 0.904. The molecule has 0 aliphatic carbocycles. The maximum absolute atomic E-state index is 12.5. The van der Waals surface area contributed by atoms with E-state index in [2.05, 4.69) is 19.2 Å². The first-order chi connectivity index (χ1) is 10.0. The molecule has 1 atom stereocenters. The van der Waals surface area contributed by atoms with Crippen LogP contribution in [0.5, 0.6) is 0 Å². The summed E-state index contributed by atoms with van der Waals surface area (Å²) in [4.78, 5) is 26.7. The van der Waals surface area contributed by atoms with Gasteiger partial charge in [-0.1, -0.05) is 57.0 Å². The fraction of sp³-hybridized carbons (Fsp3) is 0.529. The van der Waals surface area contributed by atoms with Gasteiger partial charge in [0.15, 0.2) is 0 Å². The summed E-state index contributed by atoms with van der Waals surface area (Å²) in [5, 5.41) is 2.73. The summed E-state index contributed by atoms with van der Waals surface area (Å²) in [6.45, 7) is 6.83. The van der Waals surface area contributed by atoms with Crippen molar-refractivity contribution in [2.45, 2.75) is 39.2 Å². The molecule has 0 spiro atoms. The molecule has 0 aromatic heterocycles. The van der Waals surface area contributed by atoms with Gasteiger partial charge in [0.05, 0.1) is 6.54 Å². The SMILES string of the molecule is CCC(CC)CN1C(=O)CNC(=O)C1(C)c1ccccc1. The average Bonchev–Trinajstić information content (AvgIpc) is 2.52.